The van der Waals surface area contributed by atoms with Crippen molar-refractivity contribution in [2.45, 2.75) is 25.9 Å². The summed E-state index contributed by atoms with van der Waals surface area (Å²) in [5.41, 5.74) is 2.72. The first-order valence-electron chi connectivity index (χ1n) is 6.32. The molecule has 1 saturated heterocycles. The summed E-state index contributed by atoms with van der Waals surface area (Å²) in [6.45, 7) is 5.61. The Balaban J connectivity index is 2.15. The van der Waals surface area contributed by atoms with Crippen molar-refractivity contribution in [1.29, 1.82) is 0 Å². The lowest BCUT2D eigenvalue weighted by Crippen LogP contribution is -2.56. The number of nitrogens with zero attached hydrogens (tertiary/aromatic N) is 4. The van der Waals surface area contributed by atoms with Crippen molar-refractivity contribution in [3.05, 3.63) is 18.1 Å². The minimum atomic E-state index is -0.101. The Morgan fingerprint density at radius 1 is 1.37 bits per heavy atom. The van der Waals surface area contributed by atoms with Crippen molar-refractivity contribution in [2.75, 3.05) is 25.6 Å². The molecule has 1 aromatic rings. The zero-order chi connectivity index (χ0) is 14.0. The fourth-order valence-corrected chi connectivity index (χ4v) is 2.27. The SMILES string of the molecule is CC1CN(C(=O)c2cncc(NN)n2)CC(C)N1C. The number of piperazine rings is 1. The van der Waals surface area contributed by atoms with Gasteiger partial charge in [0.2, 0.25) is 0 Å². The number of hydrogen-bond acceptors (Lipinski definition) is 6. The highest BCUT2D eigenvalue weighted by Gasteiger charge is 2.30. The van der Waals surface area contributed by atoms with Crippen LogP contribution in [0.3, 0.4) is 0 Å². The Morgan fingerprint density at radius 3 is 2.58 bits per heavy atom. The van der Waals surface area contributed by atoms with Crippen molar-refractivity contribution in [2.24, 2.45) is 5.84 Å². The molecule has 0 radical (unpaired) electrons. The summed E-state index contributed by atoms with van der Waals surface area (Å²) in [6, 6.07) is 0.660. The first-order valence-corrected chi connectivity index (χ1v) is 6.32. The third-order valence-corrected chi connectivity index (χ3v) is 3.65. The number of anilines is 1. The Morgan fingerprint density at radius 2 is 2.00 bits per heavy atom. The number of hydrazine groups is 1. The summed E-state index contributed by atoms with van der Waals surface area (Å²) < 4.78 is 0. The first kappa shape index (κ1) is 13.7. The van der Waals surface area contributed by atoms with Crippen LogP contribution in [0.4, 0.5) is 5.82 Å². The summed E-state index contributed by atoms with van der Waals surface area (Å²) >= 11 is 0. The molecule has 2 unspecified atom stereocenters. The number of nitrogen functional groups attached to an aromatic ring is 1. The van der Waals surface area contributed by atoms with Crippen molar-refractivity contribution in [3.8, 4) is 0 Å². The highest BCUT2D eigenvalue weighted by molar-refractivity contribution is 5.92. The van der Waals surface area contributed by atoms with Crippen molar-refractivity contribution in [3.63, 3.8) is 0 Å². The van der Waals surface area contributed by atoms with Gasteiger partial charge in [0.15, 0.2) is 5.82 Å². The quantitative estimate of drug-likeness (QED) is 0.574. The average molecular weight is 264 g/mol. The number of amides is 1. The van der Waals surface area contributed by atoms with Crippen LogP contribution in [0.25, 0.3) is 0 Å². The number of likely N-dealkylation sites (N-methyl/N-ethyl adjacent to an activating group) is 1. The van der Waals surface area contributed by atoms with Gasteiger partial charge in [0.25, 0.3) is 5.91 Å². The van der Waals surface area contributed by atoms with E-state index >= 15 is 0 Å². The van der Waals surface area contributed by atoms with Gasteiger partial charge in [-0.1, -0.05) is 0 Å². The van der Waals surface area contributed by atoms with E-state index in [0.29, 0.717) is 36.7 Å². The van der Waals surface area contributed by atoms with E-state index in [4.69, 9.17) is 5.84 Å². The van der Waals surface area contributed by atoms with E-state index in [9.17, 15) is 4.79 Å². The molecule has 2 rings (SSSR count). The molecule has 0 aromatic carbocycles. The molecule has 19 heavy (non-hydrogen) atoms. The largest absolute Gasteiger partial charge is 0.334 e. The normalized spacial score (nSPS) is 24.3. The second kappa shape index (κ2) is 5.50. The molecule has 0 aliphatic carbocycles. The highest BCUT2D eigenvalue weighted by atomic mass is 16.2. The van der Waals surface area contributed by atoms with Crippen LogP contribution in [0.2, 0.25) is 0 Å². The number of nitrogens with one attached hydrogen (secondary N) is 1. The zero-order valence-corrected chi connectivity index (χ0v) is 11.5. The first-order chi connectivity index (χ1) is 9.02. The van der Waals surface area contributed by atoms with Crippen LogP contribution < -0.4 is 11.3 Å². The molecule has 1 amide bonds. The zero-order valence-electron chi connectivity index (χ0n) is 11.5. The predicted octanol–water partition coefficient (Wildman–Crippen LogP) is -0.0732. The van der Waals surface area contributed by atoms with Crippen LogP contribution >= 0.6 is 0 Å². The van der Waals surface area contributed by atoms with E-state index in [0.717, 1.165) is 0 Å². The molecule has 2 atom stereocenters. The molecule has 7 nitrogen and oxygen atoms in total. The number of aromatic nitrogens is 2. The van der Waals surface area contributed by atoms with Gasteiger partial charge in [-0.3, -0.25) is 14.7 Å². The number of rotatable bonds is 2. The topological polar surface area (TPSA) is 87.4 Å². The molecule has 1 aliphatic rings. The molecule has 1 aliphatic heterocycles. The second-order valence-corrected chi connectivity index (χ2v) is 5.01. The van der Waals surface area contributed by atoms with Crippen LogP contribution in [0, 0.1) is 0 Å². The minimum absolute atomic E-state index is 0.101. The van der Waals surface area contributed by atoms with Crippen molar-refractivity contribution in [1.82, 2.24) is 19.8 Å². The monoisotopic (exact) mass is 264 g/mol. The van der Waals surface area contributed by atoms with Gasteiger partial charge < -0.3 is 10.3 Å². The number of carbonyl (C=O) groups excluding carboxylic acids is 1. The minimum Gasteiger partial charge on any atom is -0.334 e. The van der Waals surface area contributed by atoms with E-state index in [2.05, 4.69) is 41.2 Å². The lowest BCUT2D eigenvalue weighted by atomic mass is 10.1. The van der Waals surface area contributed by atoms with Crippen LogP contribution in [0.1, 0.15) is 24.3 Å². The van der Waals surface area contributed by atoms with Crippen molar-refractivity contribution >= 4 is 11.7 Å². The number of nitrogens with two attached hydrogens (primary N) is 1. The summed E-state index contributed by atoms with van der Waals surface area (Å²) in [5, 5.41) is 0. The molecule has 0 spiro atoms. The van der Waals surface area contributed by atoms with Crippen LogP contribution in [0.5, 0.6) is 0 Å². The molecular formula is C12H20N6O. The Kier molecular flexibility index (Phi) is 3.96. The predicted molar refractivity (Wildman–Crippen MR) is 72.4 cm³/mol. The Labute approximate surface area is 112 Å². The summed E-state index contributed by atoms with van der Waals surface area (Å²) in [7, 11) is 2.08. The van der Waals surface area contributed by atoms with Crippen LogP contribution in [0.15, 0.2) is 12.4 Å². The molecule has 2 heterocycles. The lowest BCUT2D eigenvalue weighted by molar-refractivity contribution is 0.0409. The van der Waals surface area contributed by atoms with Gasteiger partial charge >= 0.3 is 0 Å². The van der Waals surface area contributed by atoms with Gasteiger partial charge in [0, 0.05) is 25.2 Å². The van der Waals surface area contributed by atoms with E-state index < -0.39 is 0 Å². The van der Waals surface area contributed by atoms with E-state index in [1.165, 1.54) is 12.4 Å². The van der Waals surface area contributed by atoms with Gasteiger partial charge in [-0.2, -0.15) is 0 Å². The van der Waals surface area contributed by atoms with Crippen LogP contribution in [-0.2, 0) is 0 Å². The maximum absolute atomic E-state index is 12.4. The second-order valence-electron chi connectivity index (χ2n) is 5.01. The third-order valence-electron chi connectivity index (χ3n) is 3.65. The smallest absolute Gasteiger partial charge is 0.274 e. The fourth-order valence-electron chi connectivity index (χ4n) is 2.27. The lowest BCUT2D eigenvalue weighted by Gasteiger charge is -2.42. The fraction of sp³-hybridized carbons (Fsp3) is 0.583. The number of hydrogen-bond donors (Lipinski definition) is 2. The van der Waals surface area contributed by atoms with E-state index in [1.54, 1.807) is 0 Å². The summed E-state index contributed by atoms with van der Waals surface area (Å²) in [6.07, 6.45) is 2.95. The average Bonchev–Trinajstić information content (AvgIpc) is 2.43. The van der Waals surface area contributed by atoms with Crippen LogP contribution in [-0.4, -0.2) is 57.9 Å². The molecular weight excluding hydrogens is 244 g/mol. The molecule has 0 bridgehead atoms. The van der Waals surface area contributed by atoms with Gasteiger partial charge in [0.1, 0.15) is 5.69 Å². The van der Waals surface area contributed by atoms with Gasteiger partial charge in [0.05, 0.1) is 12.4 Å². The summed E-state index contributed by atoms with van der Waals surface area (Å²) in [4.78, 5) is 24.6. The molecule has 0 saturated carbocycles. The molecule has 1 aromatic heterocycles. The van der Waals surface area contributed by atoms with E-state index in [-0.39, 0.29) is 5.91 Å². The Bertz CT molecular complexity index is 453. The van der Waals surface area contributed by atoms with Crippen molar-refractivity contribution < 1.29 is 4.79 Å². The number of carbonyl (C=O) groups is 1. The Hall–Kier alpha value is -1.73. The van der Waals surface area contributed by atoms with Gasteiger partial charge in [-0.15, -0.1) is 0 Å². The maximum Gasteiger partial charge on any atom is 0.274 e. The highest BCUT2D eigenvalue weighted by Crippen LogP contribution is 2.15. The third kappa shape index (κ3) is 2.82. The van der Waals surface area contributed by atoms with Gasteiger partial charge in [-0.25, -0.2) is 10.8 Å². The van der Waals surface area contributed by atoms with E-state index in [1.807, 2.05) is 4.90 Å². The standard InChI is InChI=1S/C12H20N6O/c1-8-6-18(7-9(2)17(8)3)12(19)10-4-14-5-11(15-10)16-13/h4-5,8-9H,6-7,13H2,1-3H3,(H,15,16). The molecule has 3 N–H and O–H groups in total. The molecule has 7 heteroatoms. The molecule has 1 fully saturated rings. The summed E-state index contributed by atoms with van der Waals surface area (Å²) in [5.74, 6) is 5.56. The maximum atomic E-state index is 12.4. The molecule has 104 valence electrons. The van der Waals surface area contributed by atoms with Gasteiger partial charge in [-0.05, 0) is 20.9 Å².